The number of aliphatic imine (C=N–C) groups is 1. The molecular formula is C14H15NO2. The number of unbranched alkanes of at least 4 members (excludes halogenated alkanes) is 1. The van der Waals surface area contributed by atoms with E-state index in [1.807, 2.05) is 12.1 Å². The highest BCUT2D eigenvalue weighted by Gasteiger charge is 2.28. The van der Waals surface area contributed by atoms with Crippen molar-refractivity contribution in [1.82, 2.24) is 0 Å². The number of Topliss-reactive ketones (excluding diaryl/α,β-unsaturated/α-hetero) is 2. The van der Waals surface area contributed by atoms with E-state index in [-0.39, 0.29) is 18.0 Å². The van der Waals surface area contributed by atoms with Gasteiger partial charge in [-0.3, -0.25) is 14.6 Å². The van der Waals surface area contributed by atoms with Crippen LogP contribution in [0.3, 0.4) is 0 Å². The van der Waals surface area contributed by atoms with Gasteiger partial charge in [0.2, 0.25) is 11.6 Å². The summed E-state index contributed by atoms with van der Waals surface area (Å²) in [6.07, 6.45) is 2.23. The van der Waals surface area contributed by atoms with Crippen LogP contribution in [0.1, 0.15) is 42.1 Å². The topological polar surface area (TPSA) is 46.5 Å². The third kappa shape index (κ3) is 2.33. The quantitative estimate of drug-likeness (QED) is 0.590. The molecule has 88 valence electrons. The number of fused-ring (bicyclic) bond motifs is 1. The highest BCUT2D eigenvalue weighted by Crippen LogP contribution is 2.19. The van der Waals surface area contributed by atoms with Crippen LogP contribution in [-0.4, -0.2) is 23.8 Å². The van der Waals surface area contributed by atoms with E-state index in [0.29, 0.717) is 5.56 Å². The minimum atomic E-state index is -0.380. The van der Waals surface area contributed by atoms with Gasteiger partial charge in [-0.25, -0.2) is 0 Å². The average molecular weight is 229 g/mol. The van der Waals surface area contributed by atoms with Crippen molar-refractivity contribution in [3.8, 4) is 0 Å². The Morgan fingerprint density at radius 3 is 2.59 bits per heavy atom. The third-order valence-corrected chi connectivity index (χ3v) is 2.88. The van der Waals surface area contributed by atoms with Crippen LogP contribution >= 0.6 is 0 Å². The molecule has 17 heavy (non-hydrogen) atoms. The summed E-state index contributed by atoms with van der Waals surface area (Å²) in [4.78, 5) is 27.7. The average Bonchev–Trinajstić information content (AvgIpc) is 2.36. The van der Waals surface area contributed by atoms with Crippen molar-refractivity contribution in [1.29, 1.82) is 0 Å². The molecule has 0 aliphatic heterocycles. The van der Waals surface area contributed by atoms with Crippen LogP contribution in [0.5, 0.6) is 0 Å². The Kier molecular flexibility index (Phi) is 3.47. The van der Waals surface area contributed by atoms with Crippen molar-refractivity contribution in [2.45, 2.75) is 26.2 Å². The van der Waals surface area contributed by atoms with Crippen LogP contribution in [0.2, 0.25) is 0 Å². The normalized spacial score (nSPS) is 17.4. The van der Waals surface area contributed by atoms with Gasteiger partial charge in [0.1, 0.15) is 0 Å². The van der Waals surface area contributed by atoms with E-state index in [2.05, 4.69) is 11.9 Å². The molecule has 0 saturated carbocycles. The maximum absolute atomic E-state index is 11.7. The summed E-state index contributed by atoms with van der Waals surface area (Å²) in [6, 6.07) is 7.21. The highest BCUT2D eigenvalue weighted by molar-refractivity contribution is 6.51. The maximum Gasteiger partial charge on any atom is 0.229 e. The second kappa shape index (κ2) is 5.04. The Bertz CT molecular complexity index is 489. The molecule has 0 radical (unpaired) electrons. The van der Waals surface area contributed by atoms with Crippen LogP contribution in [-0.2, 0) is 4.79 Å². The van der Waals surface area contributed by atoms with Crippen LogP contribution in [0, 0.1) is 0 Å². The zero-order valence-corrected chi connectivity index (χ0v) is 9.90. The number of rotatable bonds is 3. The van der Waals surface area contributed by atoms with Gasteiger partial charge in [0, 0.05) is 17.7 Å². The van der Waals surface area contributed by atoms with E-state index in [4.69, 9.17) is 0 Å². The molecule has 0 N–H and O–H groups in total. The van der Waals surface area contributed by atoms with Crippen molar-refractivity contribution < 1.29 is 9.59 Å². The molecule has 3 heteroatoms. The molecule has 0 heterocycles. The van der Waals surface area contributed by atoms with E-state index in [9.17, 15) is 9.59 Å². The predicted molar refractivity (Wildman–Crippen MR) is 66.7 cm³/mol. The number of ketones is 2. The SMILES string of the molecule is CCCCN=C1CC(=O)C(=O)c2ccccc21. The van der Waals surface area contributed by atoms with Crippen molar-refractivity contribution in [3.05, 3.63) is 35.4 Å². The Morgan fingerprint density at radius 2 is 1.88 bits per heavy atom. The number of benzene rings is 1. The van der Waals surface area contributed by atoms with Crippen LogP contribution in [0.25, 0.3) is 0 Å². The van der Waals surface area contributed by atoms with Crippen LogP contribution in [0.4, 0.5) is 0 Å². The second-order valence-corrected chi connectivity index (χ2v) is 4.16. The zero-order valence-electron chi connectivity index (χ0n) is 9.90. The fourth-order valence-corrected chi connectivity index (χ4v) is 1.92. The first kappa shape index (κ1) is 11.7. The van der Waals surface area contributed by atoms with E-state index < -0.39 is 0 Å². The summed E-state index contributed by atoms with van der Waals surface area (Å²) in [6.45, 7) is 2.82. The summed E-state index contributed by atoms with van der Waals surface area (Å²) in [7, 11) is 0. The minimum Gasteiger partial charge on any atom is -0.290 e. The predicted octanol–water partition coefficient (Wildman–Crippen LogP) is 2.43. The first-order valence-corrected chi connectivity index (χ1v) is 5.94. The summed E-state index contributed by atoms with van der Waals surface area (Å²) in [5.41, 5.74) is 2.09. The zero-order chi connectivity index (χ0) is 12.3. The molecule has 1 aliphatic carbocycles. The van der Waals surface area contributed by atoms with Crippen molar-refractivity contribution in [2.75, 3.05) is 6.54 Å². The molecule has 0 fully saturated rings. The third-order valence-electron chi connectivity index (χ3n) is 2.88. The smallest absolute Gasteiger partial charge is 0.229 e. The first-order valence-electron chi connectivity index (χ1n) is 5.94. The van der Waals surface area contributed by atoms with Gasteiger partial charge in [0.25, 0.3) is 0 Å². The lowest BCUT2D eigenvalue weighted by Crippen LogP contribution is -2.27. The molecule has 0 spiro atoms. The van der Waals surface area contributed by atoms with Gasteiger partial charge in [-0.1, -0.05) is 37.6 Å². The van der Waals surface area contributed by atoms with Gasteiger partial charge in [0.05, 0.1) is 12.1 Å². The summed E-state index contributed by atoms with van der Waals surface area (Å²) in [5, 5.41) is 0. The van der Waals surface area contributed by atoms with E-state index in [1.54, 1.807) is 12.1 Å². The highest BCUT2D eigenvalue weighted by atomic mass is 16.2. The van der Waals surface area contributed by atoms with Gasteiger partial charge in [-0.15, -0.1) is 0 Å². The Hall–Kier alpha value is -1.77. The van der Waals surface area contributed by atoms with E-state index >= 15 is 0 Å². The minimum absolute atomic E-state index is 0.152. The lowest BCUT2D eigenvalue weighted by Gasteiger charge is -2.15. The van der Waals surface area contributed by atoms with Crippen LogP contribution < -0.4 is 0 Å². The van der Waals surface area contributed by atoms with Gasteiger partial charge in [-0.2, -0.15) is 0 Å². The number of nitrogens with zero attached hydrogens (tertiary/aromatic N) is 1. The molecule has 2 rings (SSSR count). The Balaban J connectivity index is 2.37. The van der Waals surface area contributed by atoms with Gasteiger partial charge >= 0.3 is 0 Å². The summed E-state index contributed by atoms with van der Waals surface area (Å²) >= 11 is 0. The lowest BCUT2D eigenvalue weighted by atomic mass is 9.88. The summed E-state index contributed by atoms with van der Waals surface area (Å²) < 4.78 is 0. The molecule has 0 amide bonds. The van der Waals surface area contributed by atoms with E-state index in [1.165, 1.54) is 0 Å². The Labute approximate surface area is 101 Å². The fourth-order valence-electron chi connectivity index (χ4n) is 1.92. The Morgan fingerprint density at radius 1 is 1.18 bits per heavy atom. The molecule has 1 aromatic carbocycles. The van der Waals surface area contributed by atoms with Gasteiger partial charge in [-0.05, 0) is 6.42 Å². The van der Waals surface area contributed by atoms with Gasteiger partial charge < -0.3 is 0 Å². The lowest BCUT2D eigenvalue weighted by molar-refractivity contribution is -0.114. The van der Waals surface area contributed by atoms with Crippen molar-refractivity contribution >= 4 is 17.3 Å². The molecule has 0 saturated heterocycles. The number of hydrogen-bond acceptors (Lipinski definition) is 3. The molecule has 3 nitrogen and oxygen atoms in total. The molecule has 1 aromatic rings. The number of carbonyl (C=O) groups is 2. The molecular weight excluding hydrogens is 214 g/mol. The number of carbonyl (C=O) groups excluding carboxylic acids is 2. The summed E-state index contributed by atoms with van der Waals surface area (Å²) in [5.74, 6) is -0.728. The largest absolute Gasteiger partial charge is 0.290 e. The number of hydrogen-bond donors (Lipinski definition) is 0. The molecule has 1 aliphatic rings. The van der Waals surface area contributed by atoms with Crippen molar-refractivity contribution in [2.24, 2.45) is 4.99 Å². The molecule has 0 bridgehead atoms. The molecule has 0 atom stereocenters. The van der Waals surface area contributed by atoms with Gasteiger partial charge in [0.15, 0.2) is 0 Å². The monoisotopic (exact) mass is 229 g/mol. The van der Waals surface area contributed by atoms with Crippen molar-refractivity contribution in [3.63, 3.8) is 0 Å². The van der Waals surface area contributed by atoms with Crippen LogP contribution in [0.15, 0.2) is 29.3 Å². The maximum atomic E-state index is 11.7. The fraction of sp³-hybridized carbons (Fsp3) is 0.357. The first-order chi connectivity index (χ1) is 8.24. The standard InChI is InChI=1S/C14H15NO2/c1-2-3-8-15-12-9-13(16)14(17)11-7-5-4-6-10(11)12/h4-7H,2-3,8-9H2,1H3. The van der Waals surface area contributed by atoms with E-state index in [0.717, 1.165) is 30.7 Å². The molecule has 0 aromatic heterocycles. The second-order valence-electron chi connectivity index (χ2n) is 4.16. The molecule has 0 unspecified atom stereocenters.